The second-order valence-corrected chi connectivity index (χ2v) is 5.56. The van der Waals surface area contributed by atoms with Crippen LogP contribution in [0.1, 0.15) is 46.0 Å². The van der Waals surface area contributed by atoms with Crippen LogP contribution in [0.15, 0.2) is 0 Å². The van der Waals surface area contributed by atoms with Gasteiger partial charge < -0.3 is 20.6 Å². The van der Waals surface area contributed by atoms with Crippen molar-refractivity contribution in [3.8, 4) is 0 Å². The fourth-order valence-corrected chi connectivity index (χ4v) is 2.66. The number of hydrogen-bond acceptors (Lipinski definition) is 3. The van der Waals surface area contributed by atoms with E-state index in [4.69, 9.17) is 0 Å². The molecule has 1 rings (SSSR count). The highest BCUT2D eigenvalue weighted by atomic mass is 16.4. The summed E-state index contributed by atoms with van der Waals surface area (Å²) in [5, 5.41) is 14.7. The third-order valence-corrected chi connectivity index (χ3v) is 4.39. The zero-order chi connectivity index (χ0) is 15.2. The van der Waals surface area contributed by atoms with Crippen LogP contribution in [-0.2, 0) is 4.79 Å². The molecule has 1 saturated heterocycles. The molecule has 0 bridgehead atoms. The SMILES string of the molecule is CCC(CC)(NC(=O)NCC1CCCCN1C)C(=O)O. The highest BCUT2D eigenvalue weighted by molar-refractivity contribution is 5.86. The molecule has 0 spiro atoms. The van der Waals surface area contributed by atoms with Gasteiger partial charge >= 0.3 is 12.0 Å². The van der Waals surface area contributed by atoms with Gasteiger partial charge in [0.2, 0.25) is 0 Å². The minimum absolute atomic E-state index is 0.344. The number of aliphatic carboxylic acids is 1. The van der Waals surface area contributed by atoms with Crippen molar-refractivity contribution in [1.82, 2.24) is 15.5 Å². The normalized spacial score (nSPS) is 20.4. The topological polar surface area (TPSA) is 81.7 Å². The van der Waals surface area contributed by atoms with Crippen molar-refractivity contribution in [2.75, 3.05) is 20.1 Å². The Bertz CT molecular complexity index is 343. The maximum atomic E-state index is 11.9. The molecule has 116 valence electrons. The number of urea groups is 1. The van der Waals surface area contributed by atoms with Crippen LogP contribution in [0.4, 0.5) is 4.79 Å². The monoisotopic (exact) mass is 285 g/mol. The summed E-state index contributed by atoms with van der Waals surface area (Å²) in [6.07, 6.45) is 4.20. The predicted molar refractivity (Wildman–Crippen MR) is 77.8 cm³/mol. The van der Waals surface area contributed by atoms with Crippen LogP contribution in [0.25, 0.3) is 0 Å². The third-order valence-electron chi connectivity index (χ3n) is 4.39. The van der Waals surface area contributed by atoms with Crippen LogP contribution >= 0.6 is 0 Å². The molecule has 6 nitrogen and oxygen atoms in total. The van der Waals surface area contributed by atoms with Crippen molar-refractivity contribution in [3.63, 3.8) is 0 Å². The number of nitrogens with zero attached hydrogens (tertiary/aromatic N) is 1. The lowest BCUT2D eigenvalue weighted by Crippen LogP contribution is -2.57. The fourth-order valence-electron chi connectivity index (χ4n) is 2.66. The number of carbonyl (C=O) groups excluding carboxylic acids is 1. The molecule has 0 aromatic rings. The Kier molecular flexibility index (Phi) is 6.26. The molecule has 1 heterocycles. The third kappa shape index (κ3) is 4.10. The van der Waals surface area contributed by atoms with Crippen LogP contribution in [0.3, 0.4) is 0 Å². The quantitative estimate of drug-likeness (QED) is 0.689. The van der Waals surface area contributed by atoms with Gasteiger partial charge in [0.15, 0.2) is 0 Å². The maximum Gasteiger partial charge on any atom is 0.329 e. The zero-order valence-electron chi connectivity index (χ0n) is 12.7. The summed E-state index contributed by atoms with van der Waals surface area (Å²) in [5.74, 6) is -0.979. The van der Waals surface area contributed by atoms with E-state index in [1.165, 1.54) is 12.8 Å². The first kappa shape index (κ1) is 16.8. The molecular formula is C14H27N3O3. The summed E-state index contributed by atoms with van der Waals surface area (Å²) < 4.78 is 0. The van der Waals surface area contributed by atoms with Crippen molar-refractivity contribution in [1.29, 1.82) is 0 Å². The smallest absolute Gasteiger partial charge is 0.329 e. The minimum atomic E-state index is -1.16. The summed E-state index contributed by atoms with van der Waals surface area (Å²) in [4.78, 5) is 25.5. The Morgan fingerprint density at radius 1 is 1.30 bits per heavy atom. The second-order valence-electron chi connectivity index (χ2n) is 5.56. The van der Waals surface area contributed by atoms with Crippen LogP contribution in [-0.4, -0.2) is 53.7 Å². The van der Waals surface area contributed by atoms with Crippen molar-refractivity contribution in [2.45, 2.75) is 57.5 Å². The van der Waals surface area contributed by atoms with Crippen molar-refractivity contribution >= 4 is 12.0 Å². The van der Waals surface area contributed by atoms with Crippen LogP contribution in [0, 0.1) is 0 Å². The number of carbonyl (C=O) groups is 2. The van der Waals surface area contributed by atoms with Crippen molar-refractivity contribution < 1.29 is 14.7 Å². The predicted octanol–water partition coefficient (Wildman–Crippen LogP) is 1.41. The van der Waals surface area contributed by atoms with Gasteiger partial charge in [0, 0.05) is 12.6 Å². The van der Waals surface area contributed by atoms with E-state index < -0.39 is 17.5 Å². The molecule has 1 aliphatic rings. The standard InChI is InChI=1S/C14H27N3O3/c1-4-14(5-2,12(18)19)16-13(20)15-10-11-8-6-7-9-17(11)3/h11H,4-10H2,1-3H3,(H,18,19)(H2,15,16,20). The van der Waals surface area contributed by atoms with E-state index in [9.17, 15) is 14.7 Å². The number of hydrogen-bond donors (Lipinski definition) is 3. The van der Waals surface area contributed by atoms with E-state index in [0.29, 0.717) is 25.4 Å². The van der Waals surface area contributed by atoms with Gasteiger partial charge in [-0.25, -0.2) is 9.59 Å². The number of nitrogens with one attached hydrogen (secondary N) is 2. The Balaban J connectivity index is 2.48. The van der Waals surface area contributed by atoms with Gasteiger partial charge in [-0.2, -0.15) is 0 Å². The first-order valence-electron chi connectivity index (χ1n) is 7.44. The minimum Gasteiger partial charge on any atom is -0.480 e. The second kappa shape index (κ2) is 7.47. The number of rotatable bonds is 6. The molecule has 0 saturated carbocycles. The van der Waals surface area contributed by atoms with E-state index in [-0.39, 0.29) is 0 Å². The molecule has 1 aliphatic heterocycles. The van der Waals surface area contributed by atoms with Crippen LogP contribution < -0.4 is 10.6 Å². The summed E-state index contributed by atoms with van der Waals surface area (Å²) in [7, 11) is 2.06. The molecular weight excluding hydrogens is 258 g/mol. The molecule has 0 aromatic heterocycles. The van der Waals surface area contributed by atoms with E-state index in [1.54, 1.807) is 13.8 Å². The highest BCUT2D eigenvalue weighted by Crippen LogP contribution is 2.16. The Labute approximate surface area is 120 Å². The average Bonchev–Trinajstić information content (AvgIpc) is 2.43. The molecule has 6 heteroatoms. The number of likely N-dealkylation sites (tertiary alicyclic amines) is 1. The largest absolute Gasteiger partial charge is 0.480 e. The van der Waals surface area contributed by atoms with E-state index >= 15 is 0 Å². The van der Waals surface area contributed by atoms with Gasteiger partial charge in [-0.05, 0) is 39.3 Å². The lowest BCUT2D eigenvalue weighted by molar-refractivity contribution is -0.144. The summed E-state index contributed by atoms with van der Waals surface area (Å²) in [6, 6.07) is -0.0490. The Hall–Kier alpha value is -1.30. The van der Waals surface area contributed by atoms with Crippen LogP contribution in [0.5, 0.6) is 0 Å². The van der Waals surface area contributed by atoms with E-state index in [0.717, 1.165) is 13.0 Å². The Morgan fingerprint density at radius 3 is 2.45 bits per heavy atom. The lowest BCUT2D eigenvalue weighted by Gasteiger charge is -2.33. The van der Waals surface area contributed by atoms with E-state index in [2.05, 4.69) is 22.6 Å². The van der Waals surface area contributed by atoms with Gasteiger partial charge in [-0.1, -0.05) is 20.3 Å². The summed E-state index contributed by atoms with van der Waals surface area (Å²) >= 11 is 0. The molecule has 20 heavy (non-hydrogen) atoms. The van der Waals surface area contributed by atoms with Gasteiger partial charge in [0.25, 0.3) is 0 Å². The first-order chi connectivity index (χ1) is 9.45. The number of piperidine rings is 1. The lowest BCUT2D eigenvalue weighted by atomic mass is 9.93. The zero-order valence-corrected chi connectivity index (χ0v) is 12.7. The van der Waals surface area contributed by atoms with Gasteiger partial charge in [-0.3, -0.25) is 0 Å². The maximum absolute atomic E-state index is 11.9. The molecule has 0 aliphatic carbocycles. The summed E-state index contributed by atoms with van der Waals surface area (Å²) in [6.45, 7) is 5.15. The van der Waals surface area contributed by atoms with Crippen molar-refractivity contribution in [3.05, 3.63) is 0 Å². The highest BCUT2D eigenvalue weighted by Gasteiger charge is 2.36. The molecule has 1 fully saturated rings. The molecule has 0 radical (unpaired) electrons. The number of amides is 2. The average molecular weight is 285 g/mol. The molecule has 3 N–H and O–H groups in total. The number of likely N-dealkylation sites (N-methyl/N-ethyl adjacent to an activating group) is 1. The molecule has 1 unspecified atom stereocenters. The fraction of sp³-hybridized carbons (Fsp3) is 0.857. The molecule has 1 atom stereocenters. The molecule has 0 aromatic carbocycles. The summed E-state index contributed by atoms with van der Waals surface area (Å²) in [5.41, 5.74) is -1.16. The Morgan fingerprint density at radius 2 is 1.95 bits per heavy atom. The van der Waals surface area contributed by atoms with Crippen LogP contribution in [0.2, 0.25) is 0 Å². The number of carboxylic acids is 1. The van der Waals surface area contributed by atoms with Gasteiger partial charge in [0.1, 0.15) is 5.54 Å². The first-order valence-corrected chi connectivity index (χ1v) is 7.44. The molecule has 2 amide bonds. The number of carboxylic acid groups (broad SMARTS) is 1. The van der Waals surface area contributed by atoms with Gasteiger partial charge in [0.05, 0.1) is 0 Å². The van der Waals surface area contributed by atoms with Gasteiger partial charge in [-0.15, -0.1) is 0 Å². The van der Waals surface area contributed by atoms with Crippen molar-refractivity contribution in [2.24, 2.45) is 0 Å². The van der Waals surface area contributed by atoms with E-state index in [1.807, 2.05) is 0 Å².